The Morgan fingerprint density at radius 2 is 0.417 bits per heavy atom. The van der Waals surface area contributed by atoms with Crippen molar-refractivity contribution >= 4 is 40.0 Å². The first-order valence-corrected chi connectivity index (χ1v) is 4.90. The summed E-state index contributed by atoms with van der Waals surface area (Å²) in [5.41, 5.74) is 0. The van der Waals surface area contributed by atoms with Crippen LogP contribution in [0, 0.1) is 0 Å². The summed E-state index contributed by atoms with van der Waals surface area (Å²) in [7, 11) is -11.2. The van der Waals surface area contributed by atoms with E-state index < -0.39 is 18.1 Å². The minimum atomic E-state index is -5.61. The number of rotatable bonds is 0. The minimum absolute atomic E-state index is 0. The second-order valence-corrected chi connectivity index (χ2v) is 3.00. The quantitative estimate of drug-likeness (QED) is 0.373. The van der Waals surface area contributed by atoms with Crippen molar-refractivity contribution in [3.05, 3.63) is 0 Å². The van der Waals surface area contributed by atoms with Crippen LogP contribution in [0.1, 0.15) is 0 Å². The molecule has 0 heterocycles. The summed E-state index contributed by atoms with van der Waals surface area (Å²) >= 11 is 0. The van der Waals surface area contributed by atoms with Crippen LogP contribution in [-0.2, 0) is 0 Å². The fourth-order valence-corrected chi connectivity index (χ4v) is 0. The standard InChI is InChI=1S/2O4Si.2Si/c2*1-5(2,3)4;;/q2*-4;2*+4. The molecule has 0 fully saturated rings. The predicted molar refractivity (Wildman–Crippen MR) is 23.0 cm³/mol. The van der Waals surface area contributed by atoms with Crippen LogP contribution in [0.4, 0.5) is 0 Å². The van der Waals surface area contributed by atoms with Gasteiger partial charge in [0.15, 0.2) is 0 Å². The van der Waals surface area contributed by atoms with Crippen LogP contribution < -0.4 is 38.4 Å². The van der Waals surface area contributed by atoms with Crippen LogP contribution in [0.3, 0.4) is 0 Å². The van der Waals surface area contributed by atoms with E-state index >= 15 is 0 Å². The van der Waals surface area contributed by atoms with Gasteiger partial charge >= 0.3 is 21.9 Å². The van der Waals surface area contributed by atoms with E-state index in [0.717, 1.165) is 0 Å². The van der Waals surface area contributed by atoms with E-state index in [1.165, 1.54) is 0 Å². The molecule has 12 heavy (non-hydrogen) atoms. The third-order valence-corrected chi connectivity index (χ3v) is 0. The van der Waals surface area contributed by atoms with Crippen molar-refractivity contribution in [2.24, 2.45) is 0 Å². The van der Waals surface area contributed by atoms with Crippen LogP contribution >= 0.6 is 0 Å². The van der Waals surface area contributed by atoms with Gasteiger partial charge in [-0.25, -0.2) is 0 Å². The zero-order valence-corrected chi connectivity index (χ0v) is 9.27. The Morgan fingerprint density at radius 1 is 0.417 bits per heavy atom. The topological polar surface area (TPSA) is 184 Å². The monoisotopic (exact) mass is 240 g/mol. The SMILES string of the molecule is [O-][Si]([O-])([O-])[O-].[O-][Si]([O-])([O-])[O-].[Si+4].[Si+4]. The molecule has 0 bridgehead atoms. The zero-order chi connectivity index (χ0) is 9.00. The summed E-state index contributed by atoms with van der Waals surface area (Å²) in [5, 5.41) is 0. The fourth-order valence-electron chi connectivity index (χ4n) is 0. The average Bonchev–Trinajstić information content (AvgIpc) is 1.12. The van der Waals surface area contributed by atoms with Crippen LogP contribution in [0.5, 0.6) is 0 Å². The van der Waals surface area contributed by atoms with E-state index in [2.05, 4.69) is 0 Å². The van der Waals surface area contributed by atoms with E-state index in [9.17, 15) is 0 Å². The maximum Gasteiger partial charge on any atom is 4.00 e. The van der Waals surface area contributed by atoms with Crippen molar-refractivity contribution in [1.82, 2.24) is 0 Å². The molecule has 0 saturated carbocycles. The van der Waals surface area contributed by atoms with Crippen molar-refractivity contribution in [2.75, 3.05) is 0 Å². The van der Waals surface area contributed by atoms with Crippen LogP contribution in [-0.4, -0.2) is 40.0 Å². The molecule has 0 spiro atoms. The van der Waals surface area contributed by atoms with Gasteiger partial charge in [-0.1, -0.05) is 0 Å². The molecule has 0 amide bonds. The first-order chi connectivity index (χ1) is 4.00. The van der Waals surface area contributed by atoms with Gasteiger partial charge in [0.2, 0.25) is 0 Å². The van der Waals surface area contributed by atoms with E-state index in [-0.39, 0.29) is 21.9 Å². The zero-order valence-electron chi connectivity index (χ0n) is 5.27. The smallest absolute Gasteiger partial charge is 0.894 e. The molecule has 12 heteroatoms. The predicted octanol–water partition coefficient (Wildman–Crippen LogP) is -11.0. The Labute approximate surface area is 79.0 Å². The molecule has 64 valence electrons. The minimum Gasteiger partial charge on any atom is -0.894 e. The molecular weight excluding hydrogens is 240 g/mol. The van der Waals surface area contributed by atoms with Gasteiger partial charge in [0.05, 0.1) is 0 Å². The van der Waals surface area contributed by atoms with E-state index in [0.29, 0.717) is 0 Å². The fraction of sp³-hybridized carbons (Fsp3) is 0. The summed E-state index contributed by atoms with van der Waals surface area (Å²) < 4.78 is 0. The average molecular weight is 240 g/mol. The molecule has 8 nitrogen and oxygen atoms in total. The van der Waals surface area contributed by atoms with Gasteiger partial charge in [-0.3, -0.25) is 0 Å². The Morgan fingerprint density at radius 3 is 0.417 bits per heavy atom. The molecule has 0 aliphatic carbocycles. The van der Waals surface area contributed by atoms with E-state index in [1.807, 2.05) is 0 Å². The maximum absolute atomic E-state index is 8.58. The molecule has 0 aromatic rings. The van der Waals surface area contributed by atoms with Crippen LogP contribution in [0.15, 0.2) is 0 Å². The van der Waals surface area contributed by atoms with Crippen molar-refractivity contribution in [3.8, 4) is 0 Å². The third-order valence-electron chi connectivity index (χ3n) is 0. The Hall–Kier alpha value is 0.548. The molecule has 0 radical (unpaired) electrons. The van der Waals surface area contributed by atoms with Crippen molar-refractivity contribution in [1.29, 1.82) is 0 Å². The molecule has 0 N–H and O–H groups in total. The van der Waals surface area contributed by atoms with Gasteiger partial charge in [-0.2, -0.15) is 0 Å². The third kappa shape index (κ3) is 3210. The molecule has 0 atom stereocenters. The van der Waals surface area contributed by atoms with Gasteiger partial charge in [0.25, 0.3) is 0 Å². The molecule has 0 aliphatic rings. The second kappa shape index (κ2) is 8.16. The van der Waals surface area contributed by atoms with Gasteiger partial charge < -0.3 is 56.5 Å². The normalized spacial score (nSPS) is 10.0. The van der Waals surface area contributed by atoms with Gasteiger partial charge in [0.1, 0.15) is 0 Å². The summed E-state index contributed by atoms with van der Waals surface area (Å²) in [5.74, 6) is 0. The van der Waals surface area contributed by atoms with Crippen LogP contribution in [0.25, 0.3) is 0 Å². The van der Waals surface area contributed by atoms with E-state index in [1.54, 1.807) is 0 Å². The summed E-state index contributed by atoms with van der Waals surface area (Å²) in [6.45, 7) is 0. The first kappa shape index (κ1) is 22.9. The number of hydrogen-bond donors (Lipinski definition) is 0. The van der Waals surface area contributed by atoms with Gasteiger partial charge in [0, 0.05) is 0 Å². The van der Waals surface area contributed by atoms with Gasteiger partial charge in [-0.15, -0.1) is 0 Å². The van der Waals surface area contributed by atoms with Crippen molar-refractivity contribution in [3.63, 3.8) is 0 Å². The van der Waals surface area contributed by atoms with Crippen LogP contribution in [0.2, 0.25) is 0 Å². The Kier molecular flexibility index (Phi) is 15.6. The Bertz CT molecular complexity index is 54.0. The summed E-state index contributed by atoms with van der Waals surface area (Å²) in [6, 6.07) is 0. The summed E-state index contributed by atoms with van der Waals surface area (Å²) in [4.78, 5) is 68.6. The molecular formula is O8Si4. The van der Waals surface area contributed by atoms with Crippen molar-refractivity contribution in [2.45, 2.75) is 0 Å². The molecule has 0 aromatic heterocycles. The Balaban J connectivity index is -0.0000000457. The van der Waals surface area contributed by atoms with Crippen molar-refractivity contribution < 1.29 is 38.4 Å². The second-order valence-electron chi connectivity index (χ2n) is 1.00. The molecule has 0 unspecified atom stereocenters. The molecule has 0 rings (SSSR count). The van der Waals surface area contributed by atoms with Gasteiger partial charge in [-0.05, 0) is 0 Å². The molecule has 0 aromatic carbocycles. The molecule has 0 saturated heterocycles. The first-order valence-electron chi connectivity index (χ1n) is 1.63. The maximum atomic E-state index is 8.58. The number of hydrogen-bond acceptors (Lipinski definition) is 8. The largest absolute Gasteiger partial charge is 4.00 e. The molecule has 0 aliphatic heterocycles. The summed E-state index contributed by atoms with van der Waals surface area (Å²) in [6.07, 6.45) is 0. The van der Waals surface area contributed by atoms with E-state index in [4.69, 9.17) is 38.4 Å².